The van der Waals surface area contributed by atoms with Gasteiger partial charge in [0.05, 0.1) is 10.0 Å². The standard InChI is InChI=1S/C19H25Cl2N3O2/c20-16-3-1-2-15(17(16)21)12-23-8-4-14(5-9-23)19(26)24-10-6-13(7-11-24)18(22)25/h1-3,13-14H,4-12H2,(H2,22,25). The van der Waals surface area contributed by atoms with Gasteiger partial charge >= 0.3 is 0 Å². The van der Waals surface area contributed by atoms with Crippen LogP contribution in [0.4, 0.5) is 0 Å². The Balaban J connectivity index is 1.48. The van der Waals surface area contributed by atoms with Gasteiger partial charge in [-0.1, -0.05) is 35.3 Å². The van der Waals surface area contributed by atoms with Crippen LogP contribution in [0, 0.1) is 11.8 Å². The van der Waals surface area contributed by atoms with E-state index in [1.807, 2.05) is 17.0 Å². The molecule has 2 aliphatic rings. The first kappa shape index (κ1) is 19.5. The summed E-state index contributed by atoms with van der Waals surface area (Å²) in [4.78, 5) is 28.2. The molecule has 0 aliphatic carbocycles. The van der Waals surface area contributed by atoms with Crippen molar-refractivity contribution in [2.75, 3.05) is 26.2 Å². The molecule has 3 rings (SSSR count). The molecular weight excluding hydrogens is 373 g/mol. The molecule has 0 unspecified atom stereocenters. The second-order valence-corrected chi connectivity index (χ2v) is 8.05. The molecule has 26 heavy (non-hydrogen) atoms. The normalized spacial score (nSPS) is 20.3. The Labute approximate surface area is 164 Å². The lowest BCUT2D eigenvalue weighted by molar-refractivity contribution is -0.140. The van der Waals surface area contributed by atoms with Gasteiger partial charge in [0.25, 0.3) is 0 Å². The van der Waals surface area contributed by atoms with Crippen LogP contribution in [0.2, 0.25) is 10.0 Å². The van der Waals surface area contributed by atoms with E-state index in [1.165, 1.54) is 0 Å². The summed E-state index contributed by atoms with van der Waals surface area (Å²) in [5.41, 5.74) is 6.39. The molecule has 0 spiro atoms. The summed E-state index contributed by atoms with van der Waals surface area (Å²) in [5, 5.41) is 1.19. The number of rotatable bonds is 4. The second-order valence-electron chi connectivity index (χ2n) is 7.27. The maximum atomic E-state index is 12.7. The zero-order chi connectivity index (χ0) is 18.7. The number of likely N-dealkylation sites (tertiary alicyclic amines) is 2. The molecule has 2 fully saturated rings. The van der Waals surface area contributed by atoms with Crippen LogP contribution in [-0.2, 0) is 16.1 Å². The van der Waals surface area contributed by atoms with E-state index in [1.54, 1.807) is 6.07 Å². The maximum Gasteiger partial charge on any atom is 0.225 e. The first-order chi connectivity index (χ1) is 12.5. The molecule has 5 nitrogen and oxygen atoms in total. The van der Waals surface area contributed by atoms with Gasteiger partial charge in [0.15, 0.2) is 0 Å². The minimum atomic E-state index is -0.245. The van der Waals surface area contributed by atoms with Crippen molar-refractivity contribution in [3.8, 4) is 0 Å². The van der Waals surface area contributed by atoms with Gasteiger partial charge in [-0.05, 0) is 50.4 Å². The Morgan fingerprint density at radius 2 is 1.62 bits per heavy atom. The van der Waals surface area contributed by atoms with Gasteiger partial charge in [0.1, 0.15) is 0 Å². The average molecular weight is 398 g/mol. The number of amides is 2. The molecule has 2 amide bonds. The smallest absolute Gasteiger partial charge is 0.225 e. The molecule has 0 atom stereocenters. The lowest BCUT2D eigenvalue weighted by atomic mass is 9.91. The Hall–Kier alpha value is -1.30. The van der Waals surface area contributed by atoms with Crippen LogP contribution in [0.25, 0.3) is 0 Å². The third-order valence-corrected chi connectivity index (χ3v) is 6.43. The number of nitrogens with two attached hydrogens (primary N) is 1. The summed E-state index contributed by atoms with van der Waals surface area (Å²) < 4.78 is 0. The third kappa shape index (κ3) is 4.51. The number of halogens is 2. The van der Waals surface area contributed by atoms with Gasteiger partial charge in [-0.2, -0.15) is 0 Å². The monoisotopic (exact) mass is 397 g/mol. The van der Waals surface area contributed by atoms with Crippen LogP contribution in [0.3, 0.4) is 0 Å². The number of hydrogen-bond donors (Lipinski definition) is 1. The Morgan fingerprint density at radius 3 is 2.23 bits per heavy atom. The molecule has 142 valence electrons. The second kappa shape index (κ2) is 8.59. The fourth-order valence-corrected chi connectivity index (χ4v) is 4.27. The van der Waals surface area contributed by atoms with Crippen LogP contribution in [0.5, 0.6) is 0 Å². The fraction of sp³-hybridized carbons (Fsp3) is 0.579. The highest BCUT2D eigenvalue weighted by Gasteiger charge is 2.32. The predicted molar refractivity (Wildman–Crippen MR) is 103 cm³/mol. The quantitative estimate of drug-likeness (QED) is 0.848. The largest absolute Gasteiger partial charge is 0.369 e. The van der Waals surface area contributed by atoms with Crippen LogP contribution in [0.1, 0.15) is 31.2 Å². The molecule has 0 radical (unpaired) electrons. The van der Waals surface area contributed by atoms with Crippen molar-refractivity contribution in [3.63, 3.8) is 0 Å². The van der Waals surface area contributed by atoms with E-state index in [-0.39, 0.29) is 23.7 Å². The first-order valence-electron chi connectivity index (χ1n) is 9.19. The molecule has 0 saturated carbocycles. The minimum Gasteiger partial charge on any atom is -0.369 e. The highest BCUT2D eigenvalue weighted by atomic mass is 35.5. The molecule has 1 aromatic rings. The molecule has 2 heterocycles. The van der Waals surface area contributed by atoms with Crippen molar-refractivity contribution in [3.05, 3.63) is 33.8 Å². The molecule has 7 heteroatoms. The van der Waals surface area contributed by atoms with Crippen molar-refractivity contribution < 1.29 is 9.59 Å². The maximum absolute atomic E-state index is 12.7. The van der Waals surface area contributed by atoms with E-state index in [9.17, 15) is 9.59 Å². The number of carbonyl (C=O) groups excluding carboxylic acids is 2. The fourth-order valence-electron chi connectivity index (χ4n) is 3.89. The van der Waals surface area contributed by atoms with E-state index in [2.05, 4.69) is 4.90 Å². The average Bonchev–Trinajstić information content (AvgIpc) is 2.65. The van der Waals surface area contributed by atoms with E-state index in [4.69, 9.17) is 28.9 Å². The summed E-state index contributed by atoms with van der Waals surface area (Å²) in [6.07, 6.45) is 3.08. The Morgan fingerprint density at radius 1 is 1.00 bits per heavy atom. The summed E-state index contributed by atoms with van der Waals surface area (Å²) in [6.45, 7) is 3.79. The Bertz CT molecular complexity index is 667. The highest BCUT2D eigenvalue weighted by molar-refractivity contribution is 6.42. The molecule has 2 aliphatic heterocycles. The molecular formula is C19H25Cl2N3O2. The number of primary amides is 1. The zero-order valence-electron chi connectivity index (χ0n) is 14.8. The van der Waals surface area contributed by atoms with Crippen LogP contribution >= 0.6 is 23.2 Å². The molecule has 0 bridgehead atoms. The van der Waals surface area contributed by atoms with E-state index < -0.39 is 0 Å². The number of piperidine rings is 2. The predicted octanol–water partition coefficient (Wildman–Crippen LogP) is 2.93. The molecule has 2 saturated heterocycles. The summed E-state index contributed by atoms with van der Waals surface area (Å²) in [5.74, 6) is -0.0204. The summed E-state index contributed by atoms with van der Waals surface area (Å²) in [7, 11) is 0. The lowest BCUT2D eigenvalue weighted by Gasteiger charge is -2.36. The van der Waals surface area contributed by atoms with Crippen molar-refractivity contribution in [1.82, 2.24) is 9.80 Å². The SMILES string of the molecule is NC(=O)C1CCN(C(=O)C2CCN(Cc3cccc(Cl)c3Cl)CC2)CC1. The third-order valence-electron chi connectivity index (χ3n) is 5.57. The van der Waals surface area contributed by atoms with E-state index in [0.717, 1.165) is 38.0 Å². The summed E-state index contributed by atoms with van der Waals surface area (Å²) >= 11 is 12.4. The number of hydrogen-bond acceptors (Lipinski definition) is 3. The Kier molecular flexibility index (Phi) is 6.43. The van der Waals surface area contributed by atoms with Gasteiger partial charge < -0.3 is 10.6 Å². The zero-order valence-corrected chi connectivity index (χ0v) is 16.3. The lowest BCUT2D eigenvalue weighted by Crippen LogP contribution is -2.46. The van der Waals surface area contributed by atoms with Crippen molar-refractivity contribution >= 4 is 35.0 Å². The van der Waals surface area contributed by atoms with Gasteiger partial charge in [-0.25, -0.2) is 0 Å². The first-order valence-corrected chi connectivity index (χ1v) is 9.94. The van der Waals surface area contributed by atoms with Gasteiger partial charge in [0, 0.05) is 31.5 Å². The van der Waals surface area contributed by atoms with Crippen LogP contribution in [0.15, 0.2) is 18.2 Å². The number of nitrogens with zero attached hydrogens (tertiary/aromatic N) is 2. The van der Waals surface area contributed by atoms with Crippen LogP contribution < -0.4 is 5.73 Å². The van der Waals surface area contributed by atoms with Gasteiger partial charge in [-0.15, -0.1) is 0 Å². The number of carbonyl (C=O) groups is 2. The van der Waals surface area contributed by atoms with Crippen molar-refractivity contribution in [2.45, 2.75) is 32.2 Å². The van der Waals surface area contributed by atoms with Crippen LogP contribution in [-0.4, -0.2) is 47.8 Å². The van der Waals surface area contributed by atoms with E-state index in [0.29, 0.717) is 36.0 Å². The molecule has 2 N–H and O–H groups in total. The molecule has 1 aromatic carbocycles. The minimum absolute atomic E-state index is 0.0752. The van der Waals surface area contributed by atoms with Crippen molar-refractivity contribution in [2.24, 2.45) is 17.6 Å². The van der Waals surface area contributed by atoms with Gasteiger partial charge in [0.2, 0.25) is 11.8 Å². The van der Waals surface area contributed by atoms with E-state index >= 15 is 0 Å². The summed E-state index contributed by atoms with van der Waals surface area (Å²) in [6, 6.07) is 5.70. The highest BCUT2D eigenvalue weighted by Crippen LogP contribution is 2.29. The molecule has 0 aromatic heterocycles. The van der Waals surface area contributed by atoms with Gasteiger partial charge in [-0.3, -0.25) is 14.5 Å². The number of benzene rings is 1. The topological polar surface area (TPSA) is 66.6 Å². The van der Waals surface area contributed by atoms with Crippen molar-refractivity contribution in [1.29, 1.82) is 0 Å².